The number of carbonyl (C=O) groups is 1. The number of amides is 1. The highest BCUT2D eigenvalue weighted by atomic mass is 35.5. The normalized spacial score (nSPS) is 22.4. The highest BCUT2D eigenvalue weighted by Crippen LogP contribution is 2.30. The van der Waals surface area contributed by atoms with Crippen molar-refractivity contribution in [3.63, 3.8) is 0 Å². The molecule has 1 fully saturated rings. The SMILES string of the molecule is CC(=O)Nc1ccc(NCC2CCCC(C)C2)cc1Cl. The number of anilines is 2. The fourth-order valence-electron chi connectivity index (χ4n) is 2.92. The van der Waals surface area contributed by atoms with E-state index in [0.717, 1.165) is 24.1 Å². The fourth-order valence-corrected chi connectivity index (χ4v) is 3.15. The number of nitrogens with one attached hydrogen (secondary N) is 2. The van der Waals surface area contributed by atoms with Crippen molar-refractivity contribution in [1.82, 2.24) is 0 Å². The van der Waals surface area contributed by atoms with E-state index in [4.69, 9.17) is 11.6 Å². The van der Waals surface area contributed by atoms with Gasteiger partial charge in [-0.25, -0.2) is 0 Å². The van der Waals surface area contributed by atoms with Crippen LogP contribution in [0.4, 0.5) is 11.4 Å². The van der Waals surface area contributed by atoms with E-state index >= 15 is 0 Å². The molecule has 0 aliphatic heterocycles. The average molecular weight is 295 g/mol. The maximum Gasteiger partial charge on any atom is 0.221 e. The topological polar surface area (TPSA) is 41.1 Å². The largest absolute Gasteiger partial charge is 0.385 e. The molecule has 0 aromatic heterocycles. The lowest BCUT2D eigenvalue weighted by Gasteiger charge is -2.27. The van der Waals surface area contributed by atoms with Gasteiger partial charge >= 0.3 is 0 Å². The minimum atomic E-state index is -0.108. The van der Waals surface area contributed by atoms with Crippen molar-refractivity contribution in [2.75, 3.05) is 17.2 Å². The van der Waals surface area contributed by atoms with Gasteiger partial charge in [-0.05, 0) is 42.9 Å². The number of halogens is 1. The molecule has 0 saturated heterocycles. The molecule has 1 aliphatic rings. The molecule has 1 amide bonds. The van der Waals surface area contributed by atoms with E-state index in [1.807, 2.05) is 18.2 Å². The predicted molar refractivity (Wildman–Crippen MR) is 85.4 cm³/mol. The summed E-state index contributed by atoms with van der Waals surface area (Å²) in [5.74, 6) is 1.50. The van der Waals surface area contributed by atoms with Gasteiger partial charge in [-0.1, -0.05) is 31.4 Å². The van der Waals surface area contributed by atoms with Gasteiger partial charge in [-0.2, -0.15) is 0 Å². The highest BCUT2D eigenvalue weighted by molar-refractivity contribution is 6.34. The monoisotopic (exact) mass is 294 g/mol. The zero-order valence-corrected chi connectivity index (χ0v) is 13.0. The number of rotatable bonds is 4. The first kappa shape index (κ1) is 15.2. The van der Waals surface area contributed by atoms with E-state index < -0.39 is 0 Å². The van der Waals surface area contributed by atoms with E-state index in [1.54, 1.807) is 0 Å². The van der Waals surface area contributed by atoms with Crippen LogP contribution in [0.25, 0.3) is 0 Å². The molecule has 3 nitrogen and oxygen atoms in total. The lowest BCUT2D eigenvalue weighted by molar-refractivity contribution is -0.114. The molecule has 4 heteroatoms. The summed E-state index contributed by atoms with van der Waals surface area (Å²) in [6.45, 7) is 4.82. The van der Waals surface area contributed by atoms with E-state index in [0.29, 0.717) is 10.7 Å². The maximum atomic E-state index is 11.0. The predicted octanol–water partition coefficient (Wildman–Crippen LogP) is 4.54. The minimum absolute atomic E-state index is 0.108. The van der Waals surface area contributed by atoms with Gasteiger partial charge in [0.1, 0.15) is 0 Å². The molecule has 0 radical (unpaired) electrons. The molecule has 1 saturated carbocycles. The van der Waals surface area contributed by atoms with Crippen LogP contribution in [0.15, 0.2) is 18.2 Å². The highest BCUT2D eigenvalue weighted by Gasteiger charge is 2.18. The molecule has 1 aliphatic carbocycles. The summed E-state index contributed by atoms with van der Waals surface area (Å²) >= 11 is 6.16. The van der Waals surface area contributed by atoms with Crippen LogP contribution in [-0.4, -0.2) is 12.5 Å². The van der Waals surface area contributed by atoms with Crippen molar-refractivity contribution >= 4 is 28.9 Å². The van der Waals surface area contributed by atoms with Gasteiger partial charge in [0.25, 0.3) is 0 Å². The first-order valence-corrected chi connectivity index (χ1v) is 7.73. The Balaban J connectivity index is 1.90. The second-order valence-electron chi connectivity index (χ2n) is 5.89. The lowest BCUT2D eigenvalue weighted by Crippen LogP contribution is -2.21. The van der Waals surface area contributed by atoms with Crippen molar-refractivity contribution < 1.29 is 4.79 Å². The smallest absolute Gasteiger partial charge is 0.221 e. The summed E-state index contributed by atoms with van der Waals surface area (Å²) in [5, 5.41) is 6.74. The molecule has 2 N–H and O–H groups in total. The van der Waals surface area contributed by atoms with Crippen molar-refractivity contribution in [3.8, 4) is 0 Å². The van der Waals surface area contributed by atoms with Gasteiger partial charge in [0.15, 0.2) is 0 Å². The summed E-state index contributed by atoms with van der Waals surface area (Å²) < 4.78 is 0. The van der Waals surface area contributed by atoms with E-state index in [-0.39, 0.29) is 5.91 Å². The molecular weight excluding hydrogens is 272 g/mol. The van der Waals surface area contributed by atoms with Crippen LogP contribution >= 0.6 is 11.6 Å². The number of carbonyl (C=O) groups excluding carboxylic acids is 1. The molecule has 110 valence electrons. The molecule has 1 aromatic rings. The maximum absolute atomic E-state index is 11.0. The van der Waals surface area contributed by atoms with Gasteiger partial charge in [0.05, 0.1) is 10.7 Å². The number of benzene rings is 1. The van der Waals surface area contributed by atoms with Crippen molar-refractivity contribution in [2.24, 2.45) is 11.8 Å². The van der Waals surface area contributed by atoms with Gasteiger partial charge in [-0.3, -0.25) is 4.79 Å². The van der Waals surface area contributed by atoms with Gasteiger partial charge in [-0.15, -0.1) is 0 Å². The zero-order valence-electron chi connectivity index (χ0n) is 12.2. The molecule has 20 heavy (non-hydrogen) atoms. The second kappa shape index (κ2) is 6.98. The molecule has 0 spiro atoms. The molecule has 1 aromatic carbocycles. The first-order chi connectivity index (χ1) is 9.54. The van der Waals surface area contributed by atoms with Crippen LogP contribution in [0.3, 0.4) is 0 Å². The van der Waals surface area contributed by atoms with Crippen LogP contribution in [0.1, 0.15) is 39.5 Å². The molecule has 2 unspecified atom stereocenters. The second-order valence-corrected chi connectivity index (χ2v) is 6.30. The van der Waals surface area contributed by atoms with Crippen LogP contribution in [0.5, 0.6) is 0 Å². The van der Waals surface area contributed by atoms with Crippen molar-refractivity contribution in [3.05, 3.63) is 23.2 Å². The Morgan fingerprint density at radius 2 is 2.20 bits per heavy atom. The van der Waals surface area contributed by atoms with E-state index in [9.17, 15) is 4.79 Å². The summed E-state index contributed by atoms with van der Waals surface area (Å²) in [7, 11) is 0. The lowest BCUT2D eigenvalue weighted by atomic mass is 9.82. The summed E-state index contributed by atoms with van der Waals surface area (Å²) in [6, 6.07) is 5.68. The summed E-state index contributed by atoms with van der Waals surface area (Å²) in [5.41, 5.74) is 1.68. The van der Waals surface area contributed by atoms with Crippen LogP contribution in [0.2, 0.25) is 5.02 Å². The molecule has 0 bridgehead atoms. The van der Waals surface area contributed by atoms with E-state index in [2.05, 4.69) is 17.6 Å². The molecular formula is C16H23ClN2O. The quantitative estimate of drug-likeness (QED) is 0.856. The Kier molecular flexibility index (Phi) is 5.30. The standard InChI is InChI=1S/C16H23ClN2O/c1-11-4-3-5-13(8-11)10-18-14-6-7-16(15(17)9-14)19-12(2)20/h6-7,9,11,13,18H,3-5,8,10H2,1-2H3,(H,19,20). The Morgan fingerprint density at radius 1 is 1.40 bits per heavy atom. The number of hydrogen-bond acceptors (Lipinski definition) is 2. The Labute approximate surface area is 126 Å². The molecule has 2 atom stereocenters. The minimum Gasteiger partial charge on any atom is -0.385 e. The summed E-state index contributed by atoms with van der Waals surface area (Å²) in [4.78, 5) is 11.0. The van der Waals surface area contributed by atoms with Crippen LogP contribution in [0, 0.1) is 11.8 Å². The molecule has 2 rings (SSSR count). The average Bonchev–Trinajstić information content (AvgIpc) is 2.39. The fraction of sp³-hybridized carbons (Fsp3) is 0.562. The first-order valence-electron chi connectivity index (χ1n) is 7.35. The van der Waals surface area contributed by atoms with Gasteiger partial charge in [0, 0.05) is 19.2 Å². The van der Waals surface area contributed by atoms with E-state index in [1.165, 1.54) is 32.6 Å². The summed E-state index contributed by atoms with van der Waals surface area (Å²) in [6.07, 6.45) is 5.34. The van der Waals surface area contributed by atoms with Gasteiger partial charge in [0.2, 0.25) is 5.91 Å². The Morgan fingerprint density at radius 3 is 2.85 bits per heavy atom. The van der Waals surface area contributed by atoms with Crippen LogP contribution < -0.4 is 10.6 Å². The van der Waals surface area contributed by atoms with Crippen LogP contribution in [-0.2, 0) is 4.79 Å². The number of hydrogen-bond donors (Lipinski definition) is 2. The third kappa shape index (κ3) is 4.41. The van der Waals surface area contributed by atoms with Gasteiger partial charge < -0.3 is 10.6 Å². The Bertz CT molecular complexity index is 476. The third-order valence-corrected chi connectivity index (χ3v) is 4.23. The zero-order chi connectivity index (χ0) is 14.5. The van der Waals surface area contributed by atoms with Crippen molar-refractivity contribution in [2.45, 2.75) is 39.5 Å². The Hall–Kier alpha value is -1.22. The van der Waals surface area contributed by atoms with Crippen molar-refractivity contribution in [1.29, 1.82) is 0 Å². The third-order valence-electron chi connectivity index (χ3n) is 3.92. The molecule has 0 heterocycles.